The molecule has 3 N–H and O–H groups in total. The first-order valence-electron chi connectivity index (χ1n) is 22.4. The quantitative estimate of drug-likeness (QED) is 0.138. The number of para-hydroxylation sites is 4. The molecule has 6 heterocycles. The average molecular weight is 825 g/mol. The van der Waals surface area contributed by atoms with E-state index in [1.807, 2.05) is 24.3 Å². The second-order valence-corrected chi connectivity index (χ2v) is 17.5. The Morgan fingerprint density at radius 3 is 1.30 bits per heavy atom. The summed E-state index contributed by atoms with van der Waals surface area (Å²) in [4.78, 5) is 40.1. The lowest BCUT2D eigenvalue weighted by molar-refractivity contribution is -0.122. The third kappa shape index (κ3) is 11.2. The van der Waals surface area contributed by atoms with Gasteiger partial charge in [0, 0.05) is 87.9 Å². The Morgan fingerprint density at radius 1 is 0.541 bits per heavy atom. The highest BCUT2D eigenvalue weighted by molar-refractivity contribution is 5.81. The second kappa shape index (κ2) is 20.5. The maximum atomic E-state index is 8.36. The number of aromatic amines is 2. The van der Waals surface area contributed by atoms with Gasteiger partial charge in [0.05, 0.1) is 22.1 Å². The summed E-state index contributed by atoms with van der Waals surface area (Å²) in [6.45, 7) is 16.5. The Morgan fingerprint density at radius 2 is 0.918 bits per heavy atom. The minimum absolute atomic E-state index is 0.250. The summed E-state index contributed by atoms with van der Waals surface area (Å²) in [6, 6.07) is 34.1. The Kier molecular flexibility index (Phi) is 14.3. The van der Waals surface area contributed by atoms with Gasteiger partial charge in [0.25, 0.3) is 6.47 Å². The maximum absolute atomic E-state index is 8.36. The highest BCUT2D eigenvalue weighted by atomic mass is 16.3. The fraction of sp³-hybridized carbons (Fsp3) is 0.449. The van der Waals surface area contributed by atoms with Gasteiger partial charge in [-0.1, -0.05) is 48.5 Å². The van der Waals surface area contributed by atoms with Crippen molar-refractivity contribution in [3.63, 3.8) is 0 Å². The van der Waals surface area contributed by atoms with Crippen LogP contribution in [0.15, 0.2) is 97.1 Å². The molecule has 322 valence electrons. The molecule has 0 saturated carbocycles. The summed E-state index contributed by atoms with van der Waals surface area (Å²) in [7, 11) is 4.49. The van der Waals surface area contributed by atoms with Crippen LogP contribution in [0.1, 0.15) is 25.7 Å². The number of nitrogens with zero attached hydrogens (tertiary/aromatic N) is 8. The Bertz CT molecular complexity index is 2050. The topological polar surface area (TPSA) is 114 Å². The van der Waals surface area contributed by atoms with E-state index < -0.39 is 0 Å². The number of hydrogen-bond donors (Lipinski definition) is 3. The molecule has 4 aliphatic heterocycles. The Balaban J connectivity index is 0.000000158. The van der Waals surface area contributed by atoms with E-state index in [9.17, 15) is 0 Å². The normalized spacial score (nSPS) is 19.0. The summed E-state index contributed by atoms with van der Waals surface area (Å²) in [5.41, 5.74) is 9.17. The standard InChI is InChI=1S/2C24H31N5.CH2O2/c2*1-27-11-9-19(10-12-27)18-28-13-15-29(16-14-28)21-6-4-5-20(17-21)24-25-22-7-2-3-8-23(22)26-24;2-1-3/h2*2-8,17,19H,9-16,18H2,1H3,(H,25,26);1H,(H,2,3). The van der Waals surface area contributed by atoms with E-state index in [1.165, 1.54) is 103 Å². The highest BCUT2D eigenvalue weighted by Gasteiger charge is 2.25. The summed E-state index contributed by atoms with van der Waals surface area (Å²) < 4.78 is 0. The van der Waals surface area contributed by atoms with Gasteiger partial charge >= 0.3 is 0 Å². The second-order valence-electron chi connectivity index (χ2n) is 17.5. The molecular weight excluding hydrogens is 761 g/mol. The van der Waals surface area contributed by atoms with Crippen molar-refractivity contribution < 1.29 is 9.90 Å². The first-order chi connectivity index (χ1) is 29.9. The largest absolute Gasteiger partial charge is 0.483 e. The van der Waals surface area contributed by atoms with Gasteiger partial charge in [-0.15, -0.1) is 0 Å². The molecule has 61 heavy (non-hydrogen) atoms. The van der Waals surface area contributed by atoms with Gasteiger partial charge in [-0.05, 0) is 126 Å². The Hall–Kier alpha value is -5.27. The van der Waals surface area contributed by atoms with Crippen LogP contribution < -0.4 is 9.80 Å². The predicted molar refractivity (Wildman–Crippen MR) is 250 cm³/mol. The number of anilines is 2. The van der Waals surface area contributed by atoms with E-state index in [0.29, 0.717) is 0 Å². The average Bonchev–Trinajstić information content (AvgIpc) is 3.95. The first-order valence-corrected chi connectivity index (χ1v) is 22.4. The molecule has 0 unspecified atom stereocenters. The summed E-state index contributed by atoms with van der Waals surface area (Å²) >= 11 is 0. The predicted octanol–water partition coefficient (Wildman–Crippen LogP) is 7.09. The van der Waals surface area contributed by atoms with Crippen LogP contribution in [0.3, 0.4) is 0 Å². The van der Waals surface area contributed by atoms with Crippen molar-refractivity contribution >= 4 is 39.9 Å². The van der Waals surface area contributed by atoms with Crippen LogP contribution in [0, 0.1) is 11.8 Å². The van der Waals surface area contributed by atoms with Gasteiger partial charge in [-0.3, -0.25) is 14.6 Å². The lowest BCUT2D eigenvalue weighted by Crippen LogP contribution is -2.48. The van der Waals surface area contributed by atoms with Gasteiger partial charge in [0.15, 0.2) is 0 Å². The van der Waals surface area contributed by atoms with Gasteiger partial charge in [-0.2, -0.15) is 0 Å². The summed E-state index contributed by atoms with van der Waals surface area (Å²) in [6.07, 6.45) is 5.43. The number of benzene rings is 4. The zero-order valence-corrected chi connectivity index (χ0v) is 36.1. The zero-order valence-electron chi connectivity index (χ0n) is 36.1. The van der Waals surface area contributed by atoms with E-state index in [-0.39, 0.29) is 6.47 Å². The molecule has 0 spiro atoms. The van der Waals surface area contributed by atoms with Crippen molar-refractivity contribution in [2.45, 2.75) is 25.7 Å². The van der Waals surface area contributed by atoms with Crippen LogP contribution in [0.2, 0.25) is 0 Å². The number of carbonyl (C=O) groups is 1. The van der Waals surface area contributed by atoms with Crippen LogP contribution in [-0.2, 0) is 4.79 Å². The number of imidazole rings is 2. The number of fused-ring (bicyclic) bond motifs is 2. The molecule has 10 rings (SSSR count). The summed E-state index contributed by atoms with van der Waals surface area (Å²) in [5.74, 6) is 3.67. The molecule has 12 heteroatoms. The number of likely N-dealkylation sites (tertiary alicyclic amines) is 2. The van der Waals surface area contributed by atoms with Crippen LogP contribution >= 0.6 is 0 Å². The van der Waals surface area contributed by atoms with Gasteiger partial charge in [0.1, 0.15) is 11.6 Å². The smallest absolute Gasteiger partial charge is 0.290 e. The molecule has 6 aromatic rings. The molecule has 4 saturated heterocycles. The molecule has 4 fully saturated rings. The molecule has 2 aromatic heterocycles. The third-order valence-corrected chi connectivity index (χ3v) is 13.2. The maximum Gasteiger partial charge on any atom is 0.290 e. The molecule has 12 nitrogen and oxygen atoms in total. The van der Waals surface area contributed by atoms with Crippen molar-refractivity contribution in [3.8, 4) is 22.8 Å². The highest BCUT2D eigenvalue weighted by Crippen LogP contribution is 2.28. The number of piperidine rings is 2. The van der Waals surface area contributed by atoms with Gasteiger partial charge in [-0.25, -0.2) is 9.97 Å². The Labute approximate surface area is 361 Å². The molecule has 0 bridgehead atoms. The lowest BCUT2D eigenvalue weighted by atomic mass is 9.96. The third-order valence-electron chi connectivity index (χ3n) is 13.2. The van der Waals surface area contributed by atoms with E-state index >= 15 is 0 Å². The number of aromatic nitrogens is 4. The molecule has 0 atom stereocenters. The fourth-order valence-electron chi connectivity index (χ4n) is 9.48. The summed E-state index contributed by atoms with van der Waals surface area (Å²) in [5, 5.41) is 6.89. The van der Waals surface area contributed by atoms with E-state index in [0.717, 1.165) is 82.9 Å². The SMILES string of the molecule is CN1CCC(CN2CCN(c3cccc(-c4nc5ccccc5[nH]4)c3)CC2)CC1.CN1CCC(CN2CCN(c3cccc(-c4nc5ccccc5[nH]4)c3)CC2)CC1.O=CO. The molecule has 0 amide bonds. The molecule has 0 radical (unpaired) electrons. The number of rotatable bonds is 8. The van der Waals surface area contributed by atoms with E-state index in [4.69, 9.17) is 19.9 Å². The molecule has 4 aliphatic rings. The van der Waals surface area contributed by atoms with Crippen molar-refractivity contribution in [1.29, 1.82) is 0 Å². The van der Waals surface area contributed by atoms with Gasteiger partial charge < -0.3 is 34.7 Å². The van der Waals surface area contributed by atoms with Crippen molar-refractivity contribution in [1.82, 2.24) is 39.5 Å². The number of piperazine rings is 2. The number of hydrogen-bond acceptors (Lipinski definition) is 9. The number of H-pyrrole nitrogens is 2. The minimum atomic E-state index is -0.250. The van der Waals surface area contributed by atoms with E-state index in [1.54, 1.807) is 0 Å². The molecule has 0 aliphatic carbocycles. The van der Waals surface area contributed by atoms with Crippen LogP contribution in [-0.4, -0.2) is 157 Å². The van der Waals surface area contributed by atoms with Crippen molar-refractivity contribution in [3.05, 3.63) is 97.1 Å². The zero-order chi connectivity index (χ0) is 42.0. The fourth-order valence-corrected chi connectivity index (χ4v) is 9.48. The van der Waals surface area contributed by atoms with Crippen LogP contribution in [0.25, 0.3) is 44.8 Å². The number of nitrogens with one attached hydrogen (secondary N) is 2. The minimum Gasteiger partial charge on any atom is -0.483 e. The van der Waals surface area contributed by atoms with E-state index in [2.05, 4.69) is 126 Å². The lowest BCUT2D eigenvalue weighted by Gasteiger charge is -2.39. The van der Waals surface area contributed by atoms with Crippen LogP contribution in [0.4, 0.5) is 11.4 Å². The monoisotopic (exact) mass is 825 g/mol. The van der Waals surface area contributed by atoms with Crippen molar-refractivity contribution in [2.24, 2.45) is 11.8 Å². The molecular formula is C49H64N10O2. The molecule has 4 aromatic carbocycles. The first kappa shape index (κ1) is 42.4. The number of carboxylic acid groups (broad SMARTS) is 1. The van der Waals surface area contributed by atoms with Crippen molar-refractivity contribution in [2.75, 3.05) is 116 Å². The van der Waals surface area contributed by atoms with Gasteiger partial charge in [0.2, 0.25) is 0 Å². The van der Waals surface area contributed by atoms with Crippen LogP contribution in [0.5, 0.6) is 0 Å².